The highest BCUT2D eigenvalue weighted by Crippen LogP contribution is 2.40. The Morgan fingerprint density at radius 3 is 1.82 bits per heavy atom. The van der Waals surface area contributed by atoms with Crippen molar-refractivity contribution in [3.63, 3.8) is 0 Å². The molecule has 0 aliphatic heterocycles. The van der Waals surface area contributed by atoms with E-state index in [1.807, 2.05) is 0 Å². The van der Waals surface area contributed by atoms with Gasteiger partial charge in [0.2, 0.25) is 0 Å². The highest BCUT2D eigenvalue weighted by Gasteiger charge is 2.38. The van der Waals surface area contributed by atoms with Crippen LogP contribution in [-0.4, -0.2) is 25.2 Å². The summed E-state index contributed by atoms with van der Waals surface area (Å²) in [4.78, 5) is 26.0. The molecule has 5 nitrogen and oxygen atoms in total. The van der Waals surface area contributed by atoms with Crippen molar-refractivity contribution in [1.82, 2.24) is 5.32 Å². The van der Waals surface area contributed by atoms with Crippen molar-refractivity contribution in [2.75, 3.05) is 12.0 Å². The molecule has 0 saturated heterocycles. The average molecular weight is 559 g/mol. The lowest BCUT2D eigenvalue weighted by molar-refractivity contribution is -0.143. The minimum atomic E-state index is -5.06. The third-order valence-electron chi connectivity index (χ3n) is 7.12. The molecule has 3 rings (SSSR count). The summed E-state index contributed by atoms with van der Waals surface area (Å²) in [6.45, 7) is 6.07. The Hall–Kier alpha value is -3.24. The van der Waals surface area contributed by atoms with Crippen molar-refractivity contribution in [2.45, 2.75) is 71.4 Å². The molecule has 39 heavy (non-hydrogen) atoms. The van der Waals surface area contributed by atoms with E-state index in [0.717, 1.165) is 17.7 Å². The van der Waals surface area contributed by atoms with Gasteiger partial charge in [-0.2, -0.15) is 26.3 Å². The molecule has 214 valence electrons. The fourth-order valence-corrected chi connectivity index (χ4v) is 4.78. The lowest BCUT2D eigenvalue weighted by Crippen LogP contribution is -2.46. The summed E-state index contributed by atoms with van der Waals surface area (Å²) in [6.07, 6.45) is -7.16. The van der Waals surface area contributed by atoms with E-state index >= 15 is 0 Å². The Kier molecular flexibility index (Phi) is 8.92. The second kappa shape index (κ2) is 11.5. The van der Waals surface area contributed by atoms with E-state index in [2.05, 4.69) is 30.8 Å². The third-order valence-corrected chi connectivity index (χ3v) is 7.12. The van der Waals surface area contributed by atoms with Crippen LogP contribution in [0.4, 0.5) is 36.8 Å². The molecular formula is C28H32F6N2O3. The molecule has 1 N–H and O–H groups in total. The molecule has 0 heterocycles. The first-order valence-electron chi connectivity index (χ1n) is 12.5. The lowest BCUT2D eigenvalue weighted by atomic mass is 9.71. The van der Waals surface area contributed by atoms with Gasteiger partial charge < -0.3 is 10.1 Å². The number of nitrogens with zero attached hydrogens (tertiary/aromatic N) is 1. The van der Waals surface area contributed by atoms with Crippen LogP contribution in [0.15, 0.2) is 42.5 Å². The number of hydrogen-bond acceptors (Lipinski definition) is 3. The van der Waals surface area contributed by atoms with Crippen molar-refractivity contribution >= 4 is 17.7 Å². The number of amides is 2. The van der Waals surface area contributed by atoms with E-state index < -0.39 is 41.2 Å². The number of nitrogens with one attached hydrogen (secondary N) is 1. The van der Waals surface area contributed by atoms with Crippen LogP contribution in [-0.2, 0) is 23.6 Å². The van der Waals surface area contributed by atoms with Gasteiger partial charge in [0.05, 0.1) is 30.3 Å². The SMILES string of the molecule is COC(=O)c1ccc(CN(C(=O)NC2CCC(C(C)(C)C)CC2)c2cc(C(F)(F)F)cc(C(F)(F)F)c2)cc1. The molecule has 1 aliphatic carbocycles. The predicted octanol–water partition coefficient (Wildman–Crippen LogP) is 7.83. The highest BCUT2D eigenvalue weighted by molar-refractivity contribution is 5.92. The van der Waals surface area contributed by atoms with Crippen LogP contribution in [0, 0.1) is 11.3 Å². The van der Waals surface area contributed by atoms with E-state index in [1.165, 1.54) is 31.4 Å². The Morgan fingerprint density at radius 1 is 0.872 bits per heavy atom. The molecule has 0 unspecified atom stereocenters. The quantitative estimate of drug-likeness (QED) is 0.301. The van der Waals surface area contributed by atoms with Crippen LogP contribution in [0.25, 0.3) is 0 Å². The molecule has 1 saturated carbocycles. The third kappa shape index (κ3) is 7.89. The van der Waals surface area contributed by atoms with Gasteiger partial charge in [0, 0.05) is 11.7 Å². The molecule has 0 radical (unpaired) electrons. The summed E-state index contributed by atoms with van der Waals surface area (Å²) in [5.74, 6) is -0.178. The molecular weight excluding hydrogens is 526 g/mol. The summed E-state index contributed by atoms with van der Waals surface area (Å²) < 4.78 is 86.0. The molecule has 0 bridgehead atoms. The molecule has 0 aromatic heterocycles. The number of carbonyl (C=O) groups excluding carboxylic acids is 2. The van der Waals surface area contributed by atoms with Crippen LogP contribution in [0.3, 0.4) is 0 Å². The fourth-order valence-electron chi connectivity index (χ4n) is 4.78. The summed E-state index contributed by atoms with van der Waals surface area (Å²) in [7, 11) is 1.20. The van der Waals surface area contributed by atoms with E-state index in [1.54, 1.807) is 0 Å². The van der Waals surface area contributed by atoms with Crippen molar-refractivity contribution in [3.8, 4) is 0 Å². The van der Waals surface area contributed by atoms with E-state index in [0.29, 0.717) is 36.5 Å². The first kappa shape index (κ1) is 30.3. The van der Waals surface area contributed by atoms with Crippen LogP contribution < -0.4 is 10.2 Å². The second-order valence-corrected chi connectivity index (χ2v) is 10.9. The van der Waals surface area contributed by atoms with Crippen LogP contribution in [0.2, 0.25) is 0 Å². The zero-order valence-electron chi connectivity index (χ0n) is 22.2. The number of urea groups is 1. The van der Waals surface area contributed by atoms with Crippen molar-refractivity contribution in [1.29, 1.82) is 0 Å². The number of ether oxygens (including phenoxy) is 1. The van der Waals surface area contributed by atoms with Crippen LogP contribution >= 0.6 is 0 Å². The molecule has 1 aliphatic rings. The lowest BCUT2D eigenvalue weighted by Gasteiger charge is -2.37. The normalized spacial score (nSPS) is 18.4. The summed E-state index contributed by atoms with van der Waals surface area (Å²) in [5.41, 5.74) is -2.90. The van der Waals surface area contributed by atoms with Crippen molar-refractivity contribution in [3.05, 3.63) is 64.7 Å². The maximum atomic E-state index is 13.6. The molecule has 2 aromatic rings. The smallest absolute Gasteiger partial charge is 0.416 e. The van der Waals surface area contributed by atoms with Gasteiger partial charge in [0.15, 0.2) is 0 Å². The number of alkyl halides is 6. The van der Waals surface area contributed by atoms with Crippen LogP contribution in [0.5, 0.6) is 0 Å². The first-order chi connectivity index (χ1) is 18.0. The number of benzene rings is 2. The monoisotopic (exact) mass is 558 g/mol. The van der Waals surface area contributed by atoms with E-state index in [4.69, 9.17) is 0 Å². The van der Waals surface area contributed by atoms with Gasteiger partial charge in [0.25, 0.3) is 0 Å². The number of esters is 1. The van der Waals surface area contributed by atoms with E-state index in [-0.39, 0.29) is 29.6 Å². The fraction of sp³-hybridized carbons (Fsp3) is 0.500. The van der Waals surface area contributed by atoms with Gasteiger partial charge in [-0.15, -0.1) is 0 Å². The Labute approximate surface area is 223 Å². The topological polar surface area (TPSA) is 58.6 Å². The summed E-state index contributed by atoms with van der Waals surface area (Å²) in [6, 6.07) is 5.74. The minimum Gasteiger partial charge on any atom is -0.465 e. The standard InChI is InChI=1S/C28H32F6N2O3/c1-26(2,3)19-9-11-22(12-10-19)35-25(38)36(16-17-5-7-18(8-6-17)24(37)39-4)23-14-20(27(29,30)31)13-21(15-23)28(32,33)34/h5-8,13-15,19,22H,9-12,16H2,1-4H3,(H,35,38). The predicted molar refractivity (Wildman–Crippen MR) is 134 cm³/mol. The Bertz CT molecular complexity index is 1130. The zero-order valence-corrected chi connectivity index (χ0v) is 22.2. The maximum Gasteiger partial charge on any atom is 0.416 e. The number of hydrogen-bond donors (Lipinski definition) is 1. The highest BCUT2D eigenvalue weighted by atomic mass is 19.4. The first-order valence-corrected chi connectivity index (χ1v) is 12.5. The molecule has 0 spiro atoms. The Balaban J connectivity index is 1.96. The molecule has 11 heteroatoms. The van der Waals surface area contributed by atoms with Gasteiger partial charge in [0.1, 0.15) is 0 Å². The molecule has 2 amide bonds. The number of carbonyl (C=O) groups is 2. The number of rotatable bonds is 5. The van der Waals surface area contributed by atoms with Crippen LogP contribution in [0.1, 0.15) is 73.5 Å². The average Bonchev–Trinajstić information content (AvgIpc) is 2.85. The second-order valence-electron chi connectivity index (χ2n) is 10.9. The van der Waals surface area contributed by atoms with Gasteiger partial charge in [-0.1, -0.05) is 32.9 Å². The summed E-state index contributed by atoms with van der Waals surface area (Å²) >= 11 is 0. The molecule has 2 aromatic carbocycles. The summed E-state index contributed by atoms with van der Waals surface area (Å²) in [5, 5.41) is 2.82. The number of methoxy groups -OCH3 is 1. The van der Waals surface area contributed by atoms with Gasteiger partial charge in [-0.05, 0) is 72.9 Å². The largest absolute Gasteiger partial charge is 0.465 e. The van der Waals surface area contributed by atoms with Gasteiger partial charge in [-0.25, -0.2) is 9.59 Å². The van der Waals surface area contributed by atoms with Crippen molar-refractivity contribution < 1.29 is 40.7 Å². The zero-order chi connectivity index (χ0) is 29.2. The molecule has 0 atom stereocenters. The number of anilines is 1. The van der Waals surface area contributed by atoms with Gasteiger partial charge in [-0.3, -0.25) is 4.90 Å². The minimum absolute atomic E-state index is 0.0263. The Morgan fingerprint density at radius 2 is 1.38 bits per heavy atom. The van der Waals surface area contributed by atoms with E-state index in [9.17, 15) is 35.9 Å². The maximum absolute atomic E-state index is 13.6. The van der Waals surface area contributed by atoms with Gasteiger partial charge >= 0.3 is 24.4 Å². The van der Waals surface area contributed by atoms with Crippen molar-refractivity contribution in [2.24, 2.45) is 11.3 Å². The number of halogens is 6. The molecule has 1 fully saturated rings.